The van der Waals surface area contributed by atoms with E-state index in [0.29, 0.717) is 36.0 Å². The molecule has 1 N–H and O–H groups in total. The van der Waals surface area contributed by atoms with Crippen molar-refractivity contribution in [3.63, 3.8) is 0 Å². The third-order valence-electron chi connectivity index (χ3n) is 4.98. The molecule has 2 aromatic carbocycles. The van der Waals surface area contributed by atoms with Gasteiger partial charge in [0.1, 0.15) is 17.9 Å². The highest BCUT2D eigenvalue weighted by Crippen LogP contribution is 2.36. The smallest absolute Gasteiger partial charge is 0.325 e. The van der Waals surface area contributed by atoms with Gasteiger partial charge in [0.15, 0.2) is 11.5 Å². The summed E-state index contributed by atoms with van der Waals surface area (Å²) in [5, 5.41) is 2.80. The first kappa shape index (κ1) is 19.6. The summed E-state index contributed by atoms with van der Waals surface area (Å²) in [6.45, 7) is 3.18. The fourth-order valence-corrected chi connectivity index (χ4v) is 3.76. The number of benzene rings is 2. The van der Waals surface area contributed by atoms with Crippen LogP contribution in [0.15, 0.2) is 46.9 Å². The number of hydrogen-bond acceptors (Lipinski definition) is 5. The van der Waals surface area contributed by atoms with Crippen LogP contribution in [0.3, 0.4) is 0 Å². The summed E-state index contributed by atoms with van der Waals surface area (Å²) in [5.74, 6) is 1.57. The number of imide groups is 1. The number of hydrogen-bond donors (Lipinski definition) is 1. The second-order valence-corrected chi connectivity index (χ2v) is 7.95. The molecule has 4 rings (SSSR count). The standard InChI is InChI=1S/C21H21BrN2O5/c1-21(14-6-7-17-18(12-14)29-10-3-9-28-17)19(25)24(20(26)23-21)8-11-27-16-5-2-4-15(22)13-16/h2,4-7,12-13H,3,8-11H2,1H3,(H,23,26)/t21-/m0/s1. The molecule has 2 heterocycles. The fraction of sp³-hybridized carbons (Fsp3) is 0.333. The zero-order valence-electron chi connectivity index (χ0n) is 15.9. The van der Waals surface area contributed by atoms with Gasteiger partial charge in [0, 0.05) is 10.9 Å². The molecule has 0 saturated carbocycles. The highest BCUT2D eigenvalue weighted by Gasteiger charge is 2.49. The first-order chi connectivity index (χ1) is 14.0. The summed E-state index contributed by atoms with van der Waals surface area (Å²) in [4.78, 5) is 26.7. The van der Waals surface area contributed by atoms with Gasteiger partial charge in [-0.25, -0.2) is 4.79 Å². The Hall–Kier alpha value is -2.74. The fourth-order valence-electron chi connectivity index (χ4n) is 3.38. The molecule has 0 aromatic heterocycles. The van der Waals surface area contributed by atoms with E-state index in [9.17, 15) is 9.59 Å². The lowest BCUT2D eigenvalue weighted by molar-refractivity contribution is -0.131. The van der Waals surface area contributed by atoms with Gasteiger partial charge < -0.3 is 19.5 Å². The van der Waals surface area contributed by atoms with Crippen LogP contribution < -0.4 is 19.5 Å². The van der Waals surface area contributed by atoms with Crippen molar-refractivity contribution in [2.75, 3.05) is 26.4 Å². The number of urea groups is 1. The third kappa shape index (κ3) is 3.89. The lowest BCUT2D eigenvalue weighted by Crippen LogP contribution is -2.41. The normalized spacial score (nSPS) is 21.0. The number of nitrogens with zero attached hydrogens (tertiary/aromatic N) is 1. The Morgan fingerprint density at radius 2 is 1.93 bits per heavy atom. The average Bonchev–Trinajstić information content (AvgIpc) is 2.86. The van der Waals surface area contributed by atoms with E-state index >= 15 is 0 Å². The van der Waals surface area contributed by atoms with Crippen LogP contribution in [-0.4, -0.2) is 43.2 Å². The molecular weight excluding hydrogens is 440 g/mol. The third-order valence-corrected chi connectivity index (χ3v) is 5.47. The zero-order chi connectivity index (χ0) is 20.4. The maximum atomic E-state index is 13.1. The van der Waals surface area contributed by atoms with Crippen LogP contribution in [0.25, 0.3) is 0 Å². The molecule has 152 valence electrons. The molecule has 0 bridgehead atoms. The minimum absolute atomic E-state index is 0.150. The lowest BCUT2D eigenvalue weighted by Gasteiger charge is -2.23. The molecule has 8 heteroatoms. The molecule has 2 aromatic rings. The molecule has 0 radical (unpaired) electrons. The highest BCUT2D eigenvalue weighted by atomic mass is 79.9. The molecule has 7 nitrogen and oxygen atoms in total. The lowest BCUT2D eigenvalue weighted by atomic mass is 9.91. The predicted molar refractivity (Wildman–Crippen MR) is 109 cm³/mol. The van der Waals surface area contributed by atoms with Crippen molar-refractivity contribution in [1.82, 2.24) is 10.2 Å². The number of nitrogens with one attached hydrogen (secondary N) is 1. The maximum Gasteiger partial charge on any atom is 0.325 e. The number of halogens is 1. The highest BCUT2D eigenvalue weighted by molar-refractivity contribution is 9.10. The number of fused-ring (bicyclic) bond motifs is 1. The molecule has 3 amide bonds. The van der Waals surface area contributed by atoms with Gasteiger partial charge in [-0.2, -0.15) is 0 Å². The predicted octanol–water partition coefficient (Wildman–Crippen LogP) is 3.46. The molecule has 1 fully saturated rings. The van der Waals surface area contributed by atoms with Crippen molar-refractivity contribution in [3.05, 3.63) is 52.5 Å². The van der Waals surface area contributed by atoms with E-state index in [-0.39, 0.29) is 19.1 Å². The van der Waals surface area contributed by atoms with Crippen molar-refractivity contribution in [2.24, 2.45) is 0 Å². The minimum Gasteiger partial charge on any atom is -0.492 e. The Kier molecular flexibility index (Phi) is 5.36. The second kappa shape index (κ2) is 7.94. The SMILES string of the molecule is C[C@@]1(c2ccc3c(c2)OCCCO3)NC(=O)N(CCOc2cccc(Br)c2)C1=O. The van der Waals surface area contributed by atoms with Crippen molar-refractivity contribution >= 4 is 27.9 Å². The van der Waals surface area contributed by atoms with E-state index in [1.165, 1.54) is 4.90 Å². The van der Waals surface area contributed by atoms with Crippen LogP contribution in [0, 0.1) is 0 Å². The van der Waals surface area contributed by atoms with E-state index in [0.717, 1.165) is 10.9 Å². The van der Waals surface area contributed by atoms with Gasteiger partial charge in [-0.1, -0.05) is 28.1 Å². The summed E-state index contributed by atoms with van der Waals surface area (Å²) in [5.41, 5.74) is -0.520. The number of amides is 3. The van der Waals surface area contributed by atoms with E-state index in [1.807, 2.05) is 24.3 Å². The van der Waals surface area contributed by atoms with Gasteiger partial charge in [-0.15, -0.1) is 0 Å². The molecular formula is C21H21BrN2O5. The Morgan fingerprint density at radius 1 is 1.14 bits per heavy atom. The monoisotopic (exact) mass is 460 g/mol. The van der Waals surface area contributed by atoms with Crippen molar-refractivity contribution < 1.29 is 23.8 Å². The van der Waals surface area contributed by atoms with Crippen molar-refractivity contribution in [1.29, 1.82) is 0 Å². The van der Waals surface area contributed by atoms with E-state index in [4.69, 9.17) is 14.2 Å². The Labute approximate surface area is 177 Å². The molecule has 2 aliphatic heterocycles. The topological polar surface area (TPSA) is 77.1 Å². The first-order valence-corrected chi connectivity index (χ1v) is 10.2. The average molecular weight is 461 g/mol. The van der Waals surface area contributed by atoms with E-state index in [1.54, 1.807) is 25.1 Å². The quantitative estimate of drug-likeness (QED) is 0.691. The Bertz CT molecular complexity index is 950. The van der Waals surface area contributed by atoms with Crippen LogP contribution >= 0.6 is 15.9 Å². The number of carbonyl (C=O) groups excluding carboxylic acids is 2. The minimum atomic E-state index is -1.17. The Morgan fingerprint density at radius 3 is 2.72 bits per heavy atom. The largest absolute Gasteiger partial charge is 0.492 e. The molecule has 2 aliphatic rings. The maximum absolute atomic E-state index is 13.1. The summed E-state index contributed by atoms with van der Waals surface area (Å²) in [6.07, 6.45) is 0.794. The van der Waals surface area contributed by atoms with Crippen LogP contribution in [0.1, 0.15) is 18.9 Å². The first-order valence-electron chi connectivity index (χ1n) is 9.40. The molecule has 1 saturated heterocycles. The van der Waals surface area contributed by atoms with Gasteiger partial charge in [-0.05, 0) is 42.8 Å². The molecule has 0 spiro atoms. The van der Waals surface area contributed by atoms with Crippen LogP contribution in [0.5, 0.6) is 17.2 Å². The summed E-state index contributed by atoms with van der Waals surface area (Å²) in [7, 11) is 0. The van der Waals surface area contributed by atoms with Crippen LogP contribution in [-0.2, 0) is 10.3 Å². The van der Waals surface area contributed by atoms with Gasteiger partial charge in [0.05, 0.1) is 19.8 Å². The number of rotatable bonds is 5. The van der Waals surface area contributed by atoms with Crippen molar-refractivity contribution in [3.8, 4) is 17.2 Å². The molecule has 1 atom stereocenters. The van der Waals surface area contributed by atoms with E-state index in [2.05, 4.69) is 21.2 Å². The van der Waals surface area contributed by atoms with Gasteiger partial charge in [0.2, 0.25) is 0 Å². The second-order valence-electron chi connectivity index (χ2n) is 7.03. The number of carbonyl (C=O) groups is 2. The van der Waals surface area contributed by atoms with E-state index < -0.39 is 11.6 Å². The van der Waals surface area contributed by atoms with Gasteiger partial charge in [-0.3, -0.25) is 9.69 Å². The van der Waals surface area contributed by atoms with Crippen molar-refractivity contribution in [2.45, 2.75) is 18.9 Å². The molecule has 0 unspecified atom stereocenters. The van der Waals surface area contributed by atoms with Gasteiger partial charge in [0.25, 0.3) is 5.91 Å². The molecule has 29 heavy (non-hydrogen) atoms. The van der Waals surface area contributed by atoms with Crippen LogP contribution in [0.2, 0.25) is 0 Å². The molecule has 0 aliphatic carbocycles. The zero-order valence-corrected chi connectivity index (χ0v) is 17.5. The summed E-state index contributed by atoms with van der Waals surface area (Å²) < 4.78 is 17.9. The Balaban J connectivity index is 1.47. The van der Waals surface area contributed by atoms with Crippen LogP contribution in [0.4, 0.5) is 4.79 Å². The summed E-state index contributed by atoms with van der Waals surface area (Å²) >= 11 is 3.38. The van der Waals surface area contributed by atoms with Gasteiger partial charge >= 0.3 is 6.03 Å². The number of ether oxygens (including phenoxy) is 3. The summed E-state index contributed by atoms with van der Waals surface area (Å²) in [6, 6.07) is 12.3.